The van der Waals surface area contributed by atoms with Crippen LogP contribution in [-0.2, 0) is 17.8 Å². The second-order valence-corrected chi connectivity index (χ2v) is 6.46. The molecule has 132 valence electrons. The number of aromatic nitrogens is 1. The fourth-order valence-corrected chi connectivity index (χ4v) is 3.20. The fraction of sp³-hybridized carbons (Fsp3) is 0.150. The van der Waals surface area contributed by atoms with Gasteiger partial charge in [0.1, 0.15) is 0 Å². The molecule has 0 atom stereocenters. The van der Waals surface area contributed by atoms with Gasteiger partial charge in [-0.3, -0.25) is 9.78 Å². The van der Waals surface area contributed by atoms with Crippen molar-refractivity contribution in [3.63, 3.8) is 0 Å². The van der Waals surface area contributed by atoms with Crippen molar-refractivity contribution in [2.45, 2.75) is 13.1 Å². The number of hydrogen-bond acceptors (Lipinski definition) is 5. The third-order valence-corrected chi connectivity index (χ3v) is 4.60. The summed E-state index contributed by atoms with van der Waals surface area (Å²) in [4.78, 5) is 30.6. The molecular weight excluding hydrogens is 348 g/mol. The largest absolute Gasteiger partial charge is 0.465 e. The van der Waals surface area contributed by atoms with E-state index in [1.807, 2.05) is 35.0 Å². The van der Waals surface area contributed by atoms with Crippen LogP contribution in [0.5, 0.6) is 0 Å². The number of nitrogens with zero attached hydrogens (tertiary/aromatic N) is 2. The number of methoxy groups -OCH3 is 1. The van der Waals surface area contributed by atoms with E-state index in [1.165, 1.54) is 7.11 Å². The Morgan fingerprint density at radius 3 is 2.42 bits per heavy atom. The molecule has 0 radical (unpaired) electrons. The lowest BCUT2D eigenvalue weighted by Crippen LogP contribution is -2.30. The first-order valence-electron chi connectivity index (χ1n) is 8.06. The second kappa shape index (κ2) is 8.40. The minimum Gasteiger partial charge on any atom is -0.465 e. The second-order valence-electron chi connectivity index (χ2n) is 5.68. The predicted molar refractivity (Wildman–Crippen MR) is 99.9 cm³/mol. The van der Waals surface area contributed by atoms with Crippen LogP contribution in [0.15, 0.2) is 65.5 Å². The van der Waals surface area contributed by atoms with Crippen LogP contribution in [0.4, 0.5) is 0 Å². The first-order chi connectivity index (χ1) is 12.7. The quantitative estimate of drug-likeness (QED) is 0.623. The van der Waals surface area contributed by atoms with Gasteiger partial charge in [0.05, 0.1) is 24.9 Å². The van der Waals surface area contributed by atoms with Crippen molar-refractivity contribution >= 4 is 23.2 Å². The normalized spacial score (nSPS) is 10.3. The number of amides is 1. The monoisotopic (exact) mass is 366 g/mol. The molecule has 0 N–H and O–H groups in total. The molecule has 6 heteroatoms. The van der Waals surface area contributed by atoms with Gasteiger partial charge in [0.15, 0.2) is 0 Å². The van der Waals surface area contributed by atoms with Crippen LogP contribution in [0.1, 0.15) is 32.0 Å². The Morgan fingerprint density at radius 1 is 1.04 bits per heavy atom. The lowest BCUT2D eigenvalue weighted by atomic mass is 10.1. The number of benzene rings is 1. The molecule has 1 amide bonds. The Bertz CT molecular complexity index is 862. The lowest BCUT2D eigenvalue weighted by Gasteiger charge is -2.22. The van der Waals surface area contributed by atoms with Crippen LogP contribution in [0.2, 0.25) is 0 Å². The van der Waals surface area contributed by atoms with Crippen LogP contribution in [0, 0.1) is 0 Å². The Balaban J connectivity index is 1.82. The molecular formula is C20H18N2O3S. The highest BCUT2D eigenvalue weighted by Crippen LogP contribution is 2.16. The SMILES string of the molecule is COC(=O)c1ccc(C(=O)N(Cc2ccsc2)Cc2ccccn2)cc1. The van der Waals surface area contributed by atoms with Gasteiger partial charge in [0.2, 0.25) is 0 Å². The Kier molecular flexibility index (Phi) is 5.76. The van der Waals surface area contributed by atoms with Gasteiger partial charge in [-0.25, -0.2) is 4.79 Å². The minimum atomic E-state index is -0.424. The van der Waals surface area contributed by atoms with Crippen LogP contribution >= 0.6 is 11.3 Å². The van der Waals surface area contributed by atoms with Crippen molar-refractivity contribution in [1.29, 1.82) is 0 Å². The summed E-state index contributed by atoms with van der Waals surface area (Å²) < 4.78 is 4.69. The van der Waals surface area contributed by atoms with Crippen LogP contribution in [0.3, 0.4) is 0 Å². The molecule has 1 aromatic carbocycles. The third kappa shape index (κ3) is 4.34. The molecule has 3 aromatic rings. The van der Waals surface area contributed by atoms with E-state index >= 15 is 0 Å². The highest BCUT2D eigenvalue weighted by Gasteiger charge is 2.18. The molecule has 0 fully saturated rings. The number of rotatable bonds is 6. The van der Waals surface area contributed by atoms with E-state index < -0.39 is 5.97 Å². The molecule has 0 aliphatic heterocycles. The van der Waals surface area contributed by atoms with Gasteiger partial charge in [-0.2, -0.15) is 11.3 Å². The van der Waals surface area contributed by atoms with Gasteiger partial charge in [-0.05, 0) is 58.8 Å². The van der Waals surface area contributed by atoms with Crippen LogP contribution in [0.25, 0.3) is 0 Å². The van der Waals surface area contributed by atoms with Crippen molar-refractivity contribution in [2.24, 2.45) is 0 Å². The van der Waals surface area contributed by atoms with Gasteiger partial charge in [0.25, 0.3) is 5.91 Å². The summed E-state index contributed by atoms with van der Waals surface area (Å²) in [6.07, 6.45) is 1.72. The summed E-state index contributed by atoms with van der Waals surface area (Å²) in [6, 6.07) is 14.1. The fourth-order valence-electron chi connectivity index (χ4n) is 2.54. The molecule has 5 nitrogen and oxygen atoms in total. The zero-order chi connectivity index (χ0) is 18.4. The topological polar surface area (TPSA) is 59.5 Å². The number of carbonyl (C=O) groups excluding carboxylic acids is 2. The smallest absolute Gasteiger partial charge is 0.337 e. The summed E-state index contributed by atoms with van der Waals surface area (Å²) in [5.74, 6) is -0.536. The molecule has 0 unspecified atom stereocenters. The highest BCUT2D eigenvalue weighted by molar-refractivity contribution is 7.07. The van der Waals surface area contributed by atoms with E-state index in [2.05, 4.69) is 4.98 Å². The van der Waals surface area contributed by atoms with Crippen molar-refractivity contribution in [3.8, 4) is 0 Å². The number of esters is 1. The van der Waals surface area contributed by atoms with Gasteiger partial charge in [-0.15, -0.1) is 0 Å². The number of thiophene rings is 1. The predicted octanol–water partition coefficient (Wildman–Crippen LogP) is 3.77. The number of hydrogen-bond donors (Lipinski definition) is 0. The van der Waals surface area contributed by atoms with Gasteiger partial charge >= 0.3 is 5.97 Å². The summed E-state index contributed by atoms with van der Waals surface area (Å²) >= 11 is 1.60. The number of ether oxygens (including phenoxy) is 1. The summed E-state index contributed by atoms with van der Waals surface area (Å²) in [5.41, 5.74) is 2.83. The van der Waals surface area contributed by atoms with E-state index in [9.17, 15) is 9.59 Å². The standard InChI is InChI=1S/C20H18N2O3S/c1-25-20(24)17-7-5-16(6-8-17)19(23)22(12-15-9-11-26-14-15)13-18-4-2-3-10-21-18/h2-11,14H,12-13H2,1H3. The van der Waals surface area contributed by atoms with Crippen LogP contribution in [-0.4, -0.2) is 28.9 Å². The average Bonchev–Trinajstić information content (AvgIpc) is 3.20. The molecule has 0 aliphatic carbocycles. The number of carbonyl (C=O) groups is 2. The molecule has 26 heavy (non-hydrogen) atoms. The number of pyridine rings is 1. The summed E-state index contributed by atoms with van der Waals surface area (Å²) in [5, 5.41) is 4.02. The van der Waals surface area contributed by atoms with Crippen molar-refractivity contribution in [3.05, 3.63) is 87.9 Å². The summed E-state index contributed by atoms with van der Waals surface area (Å²) in [6.45, 7) is 0.909. The maximum atomic E-state index is 13.0. The molecule has 0 saturated carbocycles. The zero-order valence-electron chi connectivity index (χ0n) is 14.3. The Labute approximate surface area is 155 Å². The van der Waals surface area contributed by atoms with Crippen molar-refractivity contribution in [2.75, 3.05) is 7.11 Å². The highest BCUT2D eigenvalue weighted by atomic mass is 32.1. The van der Waals surface area contributed by atoms with Crippen molar-refractivity contribution in [1.82, 2.24) is 9.88 Å². The zero-order valence-corrected chi connectivity index (χ0v) is 15.1. The molecule has 0 aliphatic rings. The maximum Gasteiger partial charge on any atom is 0.337 e. The summed E-state index contributed by atoms with van der Waals surface area (Å²) in [7, 11) is 1.33. The van der Waals surface area contributed by atoms with E-state index in [4.69, 9.17) is 4.74 Å². The molecule has 2 heterocycles. The molecule has 0 saturated heterocycles. The maximum absolute atomic E-state index is 13.0. The van der Waals surface area contributed by atoms with Crippen LogP contribution < -0.4 is 0 Å². The third-order valence-electron chi connectivity index (χ3n) is 3.87. The Morgan fingerprint density at radius 2 is 1.81 bits per heavy atom. The van der Waals surface area contributed by atoms with E-state index in [1.54, 1.807) is 46.7 Å². The lowest BCUT2D eigenvalue weighted by molar-refractivity contribution is 0.0599. The first kappa shape index (κ1) is 17.8. The van der Waals surface area contributed by atoms with E-state index in [-0.39, 0.29) is 5.91 Å². The van der Waals surface area contributed by atoms with Gasteiger partial charge in [-0.1, -0.05) is 6.07 Å². The van der Waals surface area contributed by atoms with Gasteiger partial charge in [0, 0.05) is 18.3 Å². The molecule has 2 aromatic heterocycles. The molecule has 0 bridgehead atoms. The molecule has 0 spiro atoms. The van der Waals surface area contributed by atoms with Gasteiger partial charge < -0.3 is 9.64 Å². The Hall–Kier alpha value is -2.99. The average molecular weight is 366 g/mol. The van der Waals surface area contributed by atoms with E-state index in [0.717, 1.165) is 11.3 Å². The first-order valence-corrected chi connectivity index (χ1v) is 9.00. The van der Waals surface area contributed by atoms with E-state index in [0.29, 0.717) is 24.2 Å². The minimum absolute atomic E-state index is 0.113. The van der Waals surface area contributed by atoms with Crippen molar-refractivity contribution < 1.29 is 14.3 Å². The molecule has 3 rings (SSSR count).